The molecule has 0 aliphatic carbocycles. The number of amides is 2. The third-order valence-electron chi connectivity index (χ3n) is 4.70. The highest BCUT2D eigenvalue weighted by Crippen LogP contribution is 2.17. The van der Waals surface area contributed by atoms with Crippen LogP contribution in [-0.4, -0.2) is 25.0 Å². The van der Waals surface area contributed by atoms with Crippen LogP contribution in [0.4, 0.5) is 5.69 Å². The van der Waals surface area contributed by atoms with Gasteiger partial charge >= 0.3 is 0 Å². The smallest absolute Gasteiger partial charge is 0.255 e. The van der Waals surface area contributed by atoms with Crippen LogP contribution < -0.4 is 10.6 Å². The lowest BCUT2D eigenvalue weighted by Crippen LogP contribution is -2.27. The Labute approximate surface area is 177 Å². The molecule has 2 N–H and O–H groups in total. The molecule has 0 bridgehead atoms. The van der Waals surface area contributed by atoms with Gasteiger partial charge in [-0.15, -0.1) is 0 Å². The zero-order valence-electron chi connectivity index (χ0n) is 17.0. The topological polar surface area (TPSA) is 67.4 Å². The Bertz CT molecular complexity index is 958. The number of anilines is 1. The Morgan fingerprint density at radius 1 is 0.833 bits per heavy atom. The molecule has 0 heterocycles. The average molecular weight is 402 g/mol. The van der Waals surface area contributed by atoms with Gasteiger partial charge in [-0.05, 0) is 43.2 Å². The van der Waals surface area contributed by atoms with Crippen molar-refractivity contribution >= 4 is 17.5 Å². The lowest BCUT2D eigenvalue weighted by Gasteiger charge is -2.14. The lowest BCUT2D eigenvalue weighted by atomic mass is 10.1. The van der Waals surface area contributed by atoms with Crippen molar-refractivity contribution in [2.24, 2.45) is 0 Å². The van der Waals surface area contributed by atoms with Crippen LogP contribution in [0.5, 0.6) is 0 Å². The van der Waals surface area contributed by atoms with Gasteiger partial charge < -0.3 is 15.4 Å². The third kappa shape index (κ3) is 6.03. The maximum absolute atomic E-state index is 12.6. The summed E-state index contributed by atoms with van der Waals surface area (Å²) in [6.07, 6.45) is 0.706. The Hall–Kier alpha value is -3.44. The van der Waals surface area contributed by atoms with Gasteiger partial charge in [-0.3, -0.25) is 9.59 Å². The number of carbonyl (C=O) groups is 2. The number of benzene rings is 3. The lowest BCUT2D eigenvalue weighted by molar-refractivity contribution is 0.0635. The van der Waals surface area contributed by atoms with Crippen LogP contribution in [0.2, 0.25) is 0 Å². The highest BCUT2D eigenvalue weighted by Gasteiger charge is 2.13. The van der Waals surface area contributed by atoms with Gasteiger partial charge in [0.05, 0.1) is 17.4 Å². The van der Waals surface area contributed by atoms with E-state index < -0.39 is 0 Å². The quantitative estimate of drug-likeness (QED) is 0.504. The van der Waals surface area contributed by atoms with E-state index >= 15 is 0 Å². The Morgan fingerprint density at radius 3 is 2.20 bits per heavy atom. The highest BCUT2D eigenvalue weighted by molar-refractivity contribution is 6.08. The molecule has 5 nitrogen and oxygen atoms in total. The summed E-state index contributed by atoms with van der Waals surface area (Å²) in [5, 5.41) is 5.71. The molecular formula is C25H26N2O3. The van der Waals surface area contributed by atoms with E-state index in [1.807, 2.05) is 43.3 Å². The molecule has 0 saturated carbocycles. The molecule has 3 aromatic carbocycles. The first-order valence-corrected chi connectivity index (χ1v) is 10.1. The number of nitrogens with one attached hydrogen (secondary N) is 2. The first-order chi connectivity index (χ1) is 14.6. The molecule has 0 spiro atoms. The minimum absolute atomic E-state index is 0.0100. The predicted octanol–water partition coefficient (Wildman–Crippen LogP) is 4.84. The van der Waals surface area contributed by atoms with Gasteiger partial charge in [-0.25, -0.2) is 0 Å². The van der Waals surface area contributed by atoms with Crippen molar-refractivity contribution in [1.82, 2.24) is 5.32 Å². The SMILES string of the molecule is CC(OCCCNC(=O)c1ccccc1NC(=O)c1ccccc1)c1ccccc1. The summed E-state index contributed by atoms with van der Waals surface area (Å²) in [7, 11) is 0. The molecule has 0 aliphatic rings. The van der Waals surface area contributed by atoms with E-state index in [0.717, 1.165) is 5.56 Å². The average Bonchev–Trinajstić information content (AvgIpc) is 2.80. The van der Waals surface area contributed by atoms with E-state index in [2.05, 4.69) is 10.6 Å². The summed E-state index contributed by atoms with van der Waals surface area (Å²) >= 11 is 0. The standard InChI is InChI=1S/C25H26N2O3/c1-19(20-11-4-2-5-12-20)30-18-10-17-26-25(29)22-15-8-9-16-23(22)27-24(28)21-13-6-3-7-14-21/h2-9,11-16,19H,10,17-18H2,1H3,(H,26,29)(H,27,28). The van der Waals surface area contributed by atoms with Crippen molar-refractivity contribution in [2.75, 3.05) is 18.5 Å². The van der Waals surface area contributed by atoms with Crippen molar-refractivity contribution in [2.45, 2.75) is 19.4 Å². The van der Waals surface area contributed by atoms with E-state index in [4.69, 9.17) is 4.74 Å². The predicted molar refractivity (Wildman–Crippen MR) is 119 cm³/mol. The second kappa shape index (κ2) is 10.9. The van der Waals surface area contributed by atoms with E-state index in [0.29, 0.717) is 36.4 Å². The molecule has 0 saturated heterocycles. The van der Waals surface area contributed by atoms with Crippen LogP contribution in [0.15, 0.2) is 84.9 Å². The zero-order valence-corrected chi connectivity index (χ0v) is 17.0. The van der Waals surface area contributed by atoms with Crippen LogP contribution in [0.25, 0.3) is 0 Å². The monoisotopic (exact) mass is 402 g/mol. The van der Waals surface area contributed by atoms with Gasteiger partial charge in [-0.1, -0.05) is 60.7 Å². The first kappa shape index (κ1) is 21.3. The molecule has 2 amide bonds. The number of hydrogen-bond acceptors (Lipinski definition) is 3. The van der Waals surface area contributed by atoms with Gasteiger partial charge in [0.25, 0.3) is 11.8 Å². The summed E-state index contributed by atoms with van der Waals surface area (Å²) in [5.41, 5.74) is 2.58. The molecule has 0 radical (unpaired) electrons. The summed E-state index contributed by atoms with van der Waals surface area (Å²) in [6.45, 7) is 3.05. The van der Waals surface area contributed by atoms with Gasteiger partial charge in [0, 0.05) is 18.7 Å². The Kier molecular flexibility index (Phi) is 7.75. The minimum Gasteiger partial charge on any atom is -0.374 e. The van der Waals surface area contributed by atoms with Crippen molar-refractivity contribution in [3.8, 4) is 0 Å². The van der Waals surface area contributed by atoms with Gasteiger partial charge in [-0.2, -0.15) is 0 Å². The van der Waals surface area contributed by atoms with Crippen molar-refractivity contribution < 1.29 is 14.3 Å². The van der Waals surface area contributed by atoms with Crippen LogP contribution in [0, 0.1) is 0 Å². The maximum Gasteiger partial charge on any atom is 0.255 e. The molecule has 3 aromatic rings. The fourth-order valence-electron chi connectivity index (χ4n) is 3.02. The summed E-state index contributed by atoms with van der Waals surface area (Å²) < 4.78 is 5.83. The van der Waals surface area contributed by atoms with Crippen LogP contribution in [0.1, 0.15) is 45.7 Å². The molecule has 154 valence electrons. The van der Waals surface area contributed by atoms with E-state index in [1.54, 1.807) is 48.5 Å². The van der Waals surface area contributed by atoms with Crippen LogP contribution >= 0.6 is 0 Å². The molecule has 1 unspecified atom stereocenters. The number of rotatable bonds is 9. The molecule has 0 aliphatic heterocycles. The number of hydrogen-bond donors (Lipinski definition) is 2. The second-order valence-corrected chi connectivity index (χ2v) is 6.90. The molecule has 3 rings (SSSR count). The van der Waals surface area contributed by atoms with Crippen molar-refractivity contribution in [3.63, 3.8) is 0 Å². The fraction of sp³-hybridized carbons (Fsp3) is 0.200. The van der Waals surface area contributed by atoms with Crippen LogP contribution in [-0.2, 0) is 4.74 Å². The molecular weight excluding hydrogens is 376 g/mol. The van der Waals surface area contributed by atoms with Gasteiger partial charge in [0.2, 0.25) is 0 Å². The summed E-state index contributed by atoms with van der Waals surface area (Å²) in [4.78, 5) is 25.0. The number of para-hydroxylation sites is 1. The number of ether oxygens (including phenoxy) is 1. The van der Waals surface area contributed by atoms with Gasteiger partial charge in [0.1, 0.15) is 0 Å². The number of carbonyl (C=O) groups excluding carboxylic acids is 2. The minimum atomic E-state index is -0.251. The molecule has 0 fully saturated rings. The highest BCUT2D eigenvalue weighted by atomic mass is 16.5. The first-order valence-electron chi connectivity index (χ1n) is 10.1. The summed E-state index contributed by atoms with van der Waals surface area (Å²) in [6, 6.07) is 25.9. The normalized spacial score (nSPS) is 11.5. The third-order valence-corrected chi connectivity index (χ3v) is 4.70. The maximum atomic E-state index is 12.6. The largest absolute Gasteiger partial charge is 0.374 e. The van der Waals surface area contributed by atoms with Crippen molar-refractivity contribution in [1.29, 1.82) is 0 Å². The summed E-state index contributed by atoms with van der Waals surface area (Å²) in [5.74, 6) is -0.478. The zero-order chi connectivity index (χ0) is 21.2. The Morgan fingerprint density at radius 2 is 1.47 bits per heavy atom. The van der Waals surface area contributed by atoms with E-state index in [-0.39, 0.29) is 17.9 Å². The molecule has 30 heavy (non-hydrogen) atoms. The Balaban J connectivity index is 1.48. The fourth-order valence-corrected chi connectivity index (χ4v) is 3.02. The molecule has 1 atom stereocenters. The van der Waals surface area contributed by atoms with E-state index in [9.17, 15) is 9.59 Å². The molecule has 5 heteroatoms. The van der Waals surface area contributed by atoms with Crippen LogP contribution in [0.3, 0.4) is 0 Å². The second-order valence-electron chi connectivity index (χ2n) is 6.90. The molecule has 0 aromatic heterocycles. The van der Waals surface area contributed by atoms with Gasteiger partial charge in [0.15, 0.2) is 0 Å². The van der Waals surface area contributed by atoms with Crippen molar-refractivity contribution in [3.05, 3.63) is 102 Å². The van der Waals surface area contributed by atoms with E-state index in [1.165, 1.54) is 0 Å².